The topological polar surface area (TPSA) is 75.3 Å². The summed E-state index contributed by atoms with van der Waals surface area (Å²) < 4.78 is 67.1. The van der Waals surface area contributed by atoms with Crippen LogP contribution in [0.1, 0.15) is 57.9 Å². The van der Waals surface area contributed by atoms with Crippen LogP contribution in [0, 0.1) is 23.2 Å². The molecule has 0 aliphatic heterocycles. The molecule has 2 atom stereocenters. The number of carbonyl (C=O) groups excluding carboxylic acids is 1. The maximum absolute atomic E-state index is 13.2. The van der Waals surface area contributed by atoms with Crippen LogP contribution < -0.4 is 10.0 Å². The van der Waals surface area contributed by atoms with Crippen molar-refractivity contribution in [3.05, 3.63) is 29.8 Å². The van der Waals surface area contributed by atoms with Gasteiger partial charge >= 0.3 is 6.18 Å². The zero-order chi connectivity index (χ0) is 22.6. The molecule has 4 saturated carbocycles. The highest BCUT2D eigenvalue weighted by atomic mass is 32.2. The van der Waals surface area contributed by atoms with Crippen molar-refractivity contribution in [2.75, 3.05) is 0 Å². The first-order valence-corrected chi connectivity index (χ1v) is 12.4. The van der Waals surface area contributed by atoms with Crippen LogP contribution in [0.4, 0.5) is 13.2 Å². The van der Waals surface area contributed by atoms with Gasteiger partial charge in [-0.25, -0.2) is 8.42 Å². The van der Waals surface area contributed by atoms with Gasteiger partial charge < -0.3 is 5.32 Å². The molecule has 4 aliphatic carbocycles. The second-order valence-electron chi connectivity index (χ2n) is 9.85. The molecule has 1 aromatic rings. The van der Waals surface area contributed by atoms with E-state index in [0.29, 0.717) is 23.8 Å². The lowest BCUT2D eigenvalue weighted by molar-refractivity contribution is -0.139. The quantitative estimate of drug-likeness (QED) is 0.674. The second kappa shape index (κ2) is 7.76. The molecule has 9 heteroatoms. The highest BCUT2D eigenvalue weighted by molar-refractivity contribution is 7.89. The average Bonchev–Trinajstić information content (AvgIpc) is 2.66. The van der Waals surface area contributed by atoms with Crippen LogP contribution >= 0.6 is 0 Å². The molecule has 4 fully saturated rings. The molecule has 1 amide bonds. The molecule has 172 valence electrons. The Hall–Kier alpha value is -1.61. The van der Waals surface area contributed by atoms with E-state index in [4.69, 9.17) is 0 Å². The van der Waals surface area contributed by atoms with Gasteiger partial charge in [-0.2, -0.15) is 17.9 Å². The minimum absolute atomic E-state index is 0.0475. The fourth-order valence-electron chi connectivity index (χ4n) is 6.48. The molecule has 2 N–H and O–H groups in total. The summed E-state index contributed by atoms with van der Waals surface area (Å²) in [5.41, 5.74) is -1.21. The molecule has 5 rings (SSSR count). The van der Waals surface area contributed by atoms with Crippen molar-refractivity contribution in [1.29, 1.82) is 0 Å². The lowest BCUT2D eigenvalue weighted by atomic mass is 9.48. The largest absolute Gasteiger partial charge is 0.417 e. The van der Waals surface area contributed by atoms with E-state index in [9.17, 15) is 26.4 Å². The Kier molecular flexibility index (Phi) is 5.65. The summed E-state index contributed by atoms with van der Waals surface area (Å²) in [6.45, 7) is 3.33. The molecule has 31 heavy (non-hydrogen) atoms. The number of benzene rings is 1. The number of amides is 1. The lowest BCUT2D eigenvalue weighted by Crippen LogP contribution is -2.58. The number of halogens is 3. The van der Waals surface area contributed by atoms with Crippen molar-refractivity contribution in [1.82, 2.24) is 10.0 Å². The summed E-state index contributed by atoms with van der Waals surface area (Å²) in [7, 11) is -4.53. The fraction of sp³-hybridized carbons (Fsp3) is 0.682. The van der Waals surface area contributed by atoms with E-state index in [1.165, 1.54) is 32.3 Å². The molecular formula is C22H29F3N2O3S. The van der Waals surface area contributed by atoms with Gasteiger partial charge in [-0.15, -0.1) is 0 Å². The number of hydrogen-bond donors (Lipinski definition) is 2. The van der Waals surface area contributed by atoms with Gasteiger partial charge in [-0.1, -0.05) is 12.1 Å². The van der Waals surface area contributed by atoms with Crippen molar-refractivity contribution in [3.63, 3.8) is 0 Å². The molecule has 4 bridgehead atoms. The van der Waals surface area contributed by atoms with E-state index in [1.54, 1.807) is 0 Å². The molecule has 5 nitrogen and oxygen atoms in total. The molecule has 0 saturated heterocycles. The maximum Gasteiger partial charge on any atom is 0.417 e. The summed E-state index contributed by atoms with van der Waals surface area (Å²) in [6.07, 6.45) is 2.25. The van der Waals surface area contributed by atoms with Crippen molar-refractivity contribution >= 4 is 15.9 Å². The summed E-state index contributed by atoms with van der Waals surface area (Å²) in [4.78, 5) is 11.9. The smallest absolute Gasteiger partial charge is 0.352 e. The van der Waals surface area contributed by atoms with Crippen LogP contribution in [0.5, 0.6) is 0 Å². The Bertz CT molecular complexity index is 926. The Labute approximate surface area is 181 Å². The first kappa shape index (κ1) is 22.6. The van der Waals surface area contributed by atoms with Gasteiger partial charge in [0.2, 0.25) is 15.9 Å². The van der Waals surface area contributed by atoms with Crippen LogP contribution in [0.25, 0.3) is 0 Å². The summed E-state index contributed by atoms with van der Waals surface area (Å²) in [5.74, 6) is 1.61. The third-order valence-electron chi connectivity index (χ3n) is 7.57. The van der Waals surface area contributed by atoms with E-state index >= 15 is 0 Å². The van der Waals surface area contributed by atoms with Gasteiger partial charge in [-0.3, -0.25) is 4.79 Å². The Balaban J connectivity index is 1.45. The number of carbonyl (C=O) groups is 1. The number of hydrogen-bond acceptors (Lipinski definition) is 3. The highest BCUT2D eigenvalue weighted by Crippen LogP contribution is 2.61. The molecule has 0 spiro atoms. The van der Waals surface area contributed by atoms with Gasteiger partial charge in [0.05, 0.1) is 16.5 Å². The molecule has 0 radical (unpaired) electrons. The number of alkyl halides is 3. The number of rotatable bonds is 6. The van der Waals surface area contributed by atoms with Gasteiger partial charge in [-0.05, 0) is 87.7 Å². The zero-order valence-corrected chi connectivity index (χ0v) is 18.5. The third kappa shape index (κ3) is 4.35. The minimum Gasteiger partial charge on any atom is -0.352 e. The van der Waals surface area contributed by atoms with E-state index in [0.717, 1.165) is 31.4 Å². The predicted molar refractivity (Wildman–Crippen MR) is 109 cm³/mol. The monoisotopic (exact) mass is 458 g/mol. The summed E-state index contributed by atoms with van der Waals surface area (Å²) >= 11 is 0. The standard InChI is InChI=1S/C22H29F3N2O3S/c1-13(27-31(29,30)19-6-4-3-5-18(19)22(23,24)25)20(28)26-14(2)21-10-15-7-16(11-21)9-17(8-15)12-21/h3-6,13-17,27H,7-12H2,1-2H3,(H,26,28)/t13-,14?,15?,16?,17?,21?/m0/s1. The maximum atomic E-state index is 13.2. The predicted octanol–water partition coefficient (Wildman–Crippen LogP) is 4.09. The first-order valence-electron chi connectivity index (χ1n) is 10.9. The van der Waals surface area contributed by atoms with Crippen molar-refractivity contribution in [2.24, 2.45) is 23.2 Å². The second-order valence-corrected chi connectivity index (χ2v) is 11.5. The first-order chi connectivity index (χ1) is 14.4. The fourth-order valence-corrected chi connectivity index (χ4v) is 7.91. The SMILES string of the molecule is CC(NC(=O)[C@H](C)NS(=O)(=O)c1ccccc1C(F)(F)F)C12CC3CC(CC(C3)C1)C2. The van der Waals surface area contributed by atoms with Gasteiger partial charge in [0.1, 0.15) is 0 Å². The van der Waals surface area contributed by atoms with Crippen LogP contribution in [0.3, 0.4) is 0 Å². The third-order valence-corrected chi connectivity index (χ3v) is 9.17. The molecule has 0 aromatic heterocycles. The summed E-state index contributed by atoms with van der Waals surface area (Å²) in [6, 6.07) is 2.67. The van der Waals surface area contributed by atoms with E-state index in [-0.39, 0.29) is 11.5 Å². The minimum atomic E-state index is -4.82. The summed E-state index contributed by atoms with van der Waals surface area (Å²) in [5, 5.41) is 2.97. The number of nitrogens with one attached hydrogen (secondary N) is 2. The Morgan fingerprint density at radius 1 is 1.03 bits per heavy atom. The van der Waals surface area contributed by atoms with Gasteiger partial charge in [0.15, 0.2) is 0 Å². The number of sulfonamides is 1. The van der Waals surface area contributed by atoms with Crippen molar-refractivity contribution < 1.29 is 26.4 Å². The van der Waals surface area contributed by atoms with Crippen LogP contribution in [0.15, 0.2) is 29.2 Å². The zero-order valence-electron chi connectivity index (χ0n) is 17.7. The van der Waals surface area contributed by atoms with Crippen molar-refractivity contribution in [3.8, 4) is 0 Å². The van der Waals surface area contributed by atoms with Gasteiger partial charge in [0.25, 0.3) is 0 Å². The Morgan fingerprint density at radius 3 is 2.06 bits per heavy atom. The van der Waals surface area contributed by atoms with Gasteiger partial charge in [0, 0.05) is 6.04 Å². The molecule has 0 heterocycles. The molecular weight excluding hydrogens is 429 g/mol. The van der Waals surface area contributed by atoms with Crippen LogP contribution in [-0.2, 0) is 21.0 Å². The van der Waals surface area contributed by atoms with E-state index in [2.05, 4.69) is 10.0 Å². The normalized spacial score (nSPS) is 32.0. The molecule has 4 aliphatic rings. The molecule has 1 aromatic carbocycles. The lowest BCUT2D eigenvalue weighted by Gasteiger charge is -2.59. The van der Waals surface area contributed by atoms with Crippen molar-refractivity contribution in [2.45, 2.75) is 75.5 Å². The van der Waals surface area contributed by atoms with Crippen LogP contribution in [-0.4, -0.2) is 26.4 Å². The van der Waals surface area contributed by atoms with Crippen LogP contribution in [0.2, 0.25) is 0 Å². The van der Waals surface area contributed by atoms with E-state index < -0.39 is 38.6 Å². The highest BCUT2D eigenvalue weighted by Gasteiger charge is 2.53. The molecule has 1 unspecified atom stereocenters. The van der Waals surface area contributed by atoms with E-state index in [1.807, 2.05) is 6.92 Å². The average molecular weight is 459 g/mol. The Morgan fingerprint density at radius 2 is 1.55 bits per heavy atom.